The van der Waals surface area contributed by atoms with Gasteiger partial charge in [0.1, 0.15) is 23.1 Å². The van der Waals surface area contributed by atoms with Crippen LogP contribution in [0.4, 0.5) is 13.2 Å². The summed E-state index contributed by atoms with van der Waals surface area (Å²) in [6.07, 6.45) is 1.78. The first-order valence-electron chi connectivity index (χ1n) is 6.98. The van der Waals surface area contributed by atoms with Crippen molar-refractivity contribution in [3.05, 3.63) is 53.1 Å². The fourth-order valence-electron chi connectivity index (χ4n) is 2.80. The minimum absolute atomic E-state index is 0.0160. The van der Waals surface area contributed by atoms with Crippen LogP contribution in [0.3, 0.4) is 0 Å². The van der Waals surface area contributed by atoms with Gasteiger partial charge in [0, 0.05) is 18.2 Å². The quantitative estimate of drug-likeness (QED) is 0.845. The molecule has 3 nitrogen and oxygen atoms in total. The molecule has 0 unspecified atom stereocenters. The molecule has 0 saturated heterocycles. The number of alkyl halides is 1. The third-order valence-corrected chi connectivity index (χ3v) is 5.08. The molecule has 0 heterocycles. The van der Waals surface area contributed by atoms with E-state index in [1.165, 1.54) is 12.1 Å². The van der Waals surface area contributed by atoms with Crippen molar-refractivity contribution in [1.82, 2.24) is 0 Å². The van der Waals surface area contributed by atoms with E-state index in [0.29, 0.717) is 36.1 Å². The molecule has 1 aliphatic rings. The highest BCUT2D eigenvalue weighted by molar-refractivity contribution is 7.91. The summed E-state index contributed by atoms with van der Waals surface area (Å²) in [5.74, 6) is -1.22. The van der Waals surface area contributed by atoms with Crippen molar-refractivity contribution in [1.29, 1.82) is 0 Å². The van der Waals surface area contributed by atoms with Crippen LogP contribution >= 0.6 is 0 Å². The molecule has 2 aromatic rings. The summed E-state index contributed by atoms with van der Waals surface area (Å²) in [6.45, 7) is 0. The average molecular weight is 342 g/mol. The molecule has 0 saturated carbocycles. The van der Waals surface area contributed by atoms with Crippen LogP contribution < -0.4 is 4.74 Å². The summed E-state index contributed by atoms with van der Waals surface area (Å²) in [6, 6.07) is 4.02. The van der Waals surface area contributed by atoms with E-state index in [4.69, 9.17) is 4.74 Å². The van der Waals surface area contributed by atoms with Crippen molar-refractivity contribution in [2.24, 2.45) is 0 Å². The topological polar surface area (TPSA) is 43.4 Å². The molecule has 0 aromatic heterocycles. The predicted octanol–water partition coefficient (Wildman–Crippen LogP) is 3.95. The SMILES string of the molecule is O=S(=O)(CF)c1ccc(Oc2cc(F)cc(F)c2)c2c1CCC2. The largest absolute Gasteiger partial charge is 0.457 e. The van der Waals surface area contributed by atoms with Gasteiger partial charge in [0.05, 0.1) is 4.90 Å². The van der Waals surface area contributed by atoms with E-state index in [-0.39, 0.29) is 10.6 Å². The zero-order valence-corrected chi connectivity index (χ0v) is 12.8. The van der Waals surface area contributed by atoms with E-state index in [1.54, 1.807) is 0 Å². The van der Waals surface area contributed by atoms with E-state index in [0.717, 1.165) is 18.2 Å². The summed E-state index contributed by atoms with van der Waals surface area (Å²) in [4.78, 5) is -0.0368. The van der Waals surface area contributed by atoms with Gasteiger partial charge in [-0.15, -0.1) is 0 Å². The predicted molar refractivity (Wildman–Crippen MR) is 78.1 cm³/mol. The van der Waals surface area contributed by atoms with Gasteiger partial charge in [-0.3, -0.25) is 0 Å². The molecule has 2 aromatic carbocycles. The molecule has 0 spiro atoms. The molecule has 0 bridgehead atoms. The number of hydrogen-bond donors (Lipinski definition) is 0. The van der Waals surface area contributed by atoms with Crippen molar-refractivity contribution in [2.45, 2.75) is 24.2 Å². The molecule has 0 amide bonds. The Morgan fingerprint density at radius 1 is 1.00 bits per heavy atom. The minimum atomic E-state index is -3.97. The Labute approximate surface area is 131 Å². The number of ether oxygens (including phenoxy) is 1. The minimum Gasteiger partial charge on any atom is -0.457 e. The summed E-state index contributed by atoms with van der Waals surface area (Å²) in [5, 5.41) is 0. The van der Waals surface area contributed by atoms with Crippen LogP contribution in [0.2, 0.25) is 0 Å². The lowest BCUT2D eigenvalue weighted by molar-refractivity contribution is 0.463. The fraction of sp³-hybridized carbons (Fsp3) is 0.250. The van der Waals surface area contributed by atoms with Crippen LogP contribution in [0.15, 0.2) is 35.2 Å². The van der Waals surface area contributed by atoms with Crippen LogP contribution in [-0.4, -0.2) is 14.4 Å². The summed E-state index contributed by atoms with van der Waals surface area (Å²) in [5.41, 5.74) is 1.17. The van der Waals surface area contributed by atoms with E-state index < -0.39 is 27.5 Å². The van der Waals surface area contributed by atoms with E-state index in [9.17, 15) is 21.6 Å². The maximum Gasteiger partial charge on any atom is 0.207 e. The van der Waals surface area contributed by atoms with Crippen LogP contribution in [0.25, 0.3) is 0 Å². The van der Waals surface area contributed by atoms with Crippen molar-refractivity contribution in [3.8, 4) is 11.5 Å². The fourth-order valence-corrected chi connectivity index (χ4v) is 3.79. The Bertz CT molecular complexity index is 843. The maximum absolute atomic E-state index is 13.2. The number of halogens is 3. The number of hydrogen-bond acceptors (Lipinski definition) is 3. The van der Waals surface area contributed by atoms with Gasteiger partial charge >= 0.3 is 0 Å². The van der Waals surface area contributed by atoms with Crippen LogP contribution in [0.1, 0.15) is 17.5 Å². The molecule has 3 rings (SSSR count). The Morgan fingerprint density at radius 2 is 1.65 bits per heavy atom. The summed E-state index contributed by atoms with van der Waals surface area (Å²) < 4.78 is 68.3. The first kappa shape index (κ1) is 15.9. The second-order valence-corrected chi connectivity index (χ2v) is 7.19. The van der Waals surface area contributed by atoms with E-state index in [1.807, 2.05) is 0 Å². The molecule has 0 N–H and O–H groups in total. The molecule has 1 aliphatic carbocycles. The van der Waals surface area contributed by atoms with Crippen LogP contribution in [-0.2, 0) is 22.7 Å². The Morgan fingerprint density at radius 3 is 2.30 bits per heavy atom. The second-order valence-electron chi connectivity index (χ2n) is 5.30. The molecule has 0 fully saturated rings. The van der Waals surface area contributed by atoms with Crippen LogP contribution in [0.5, 0.6) is 11.5 Å². The monoisotopic (exact) mass is 342 g/mol. The van der Waals surface area contributed by atoms with Crippen molar-refractivity contribution >= 4 is 9.84 Å². The molecule has 0 aliphatic heterocycles. The number of benzene rings is 2. The van der Waals surface area contributed by atoms with Gasteiger partial charge in [-0.2, -0.15) is 0 Å². The van der Waals surface area contributed by atoms with Gasteiger partial charge in [-0.05, 0) is 42.5 Å². The summed E-state index contributed by atoms with van der Waals surface area (Å²) >= 11 is 0. The Kier molecular flexibility index (Phi) is 4.06. The van der Waals surface area contributed by atoms with Crippen LogP contribution in [0, 0.1) is 11.6 Å². The third kappa shape index (κ3) is 3.06. The maximum atomic E-state index is 13.2. The zero-order chi connectivity index (χ0) is 16.6. The highest BCUT2D eigenvalue weighted by Crippen LogP contribution is 2.38. The van der Waals surface area contributed by atoms with Gasteiger partial charge in [-0.25, -0.2) is 21.6 Å². The molecular weight excluding hydrogens is 329 g/mol. The lowest BCUT2D eigenvalue weighted by Crippen LogP contribution is -2.07. The third-order valence-electron chi connectivity index (χ3n) is 3.74. The highest BCUT2D eigenvalue weighted by atomic mass is 32.2. The molecule has 0 radical (unpaired) electrons. The number of rotatable bonds is 4. The van der Waals surface area contributed by atoms with E-state index >= 15 is 0 Å². The zero-order valence-electron chi connectivity index (χ0n) is 12.0. The van der Waals surface area contributed by atoms with Crippen molar-refractivity contribution < 1.29 is 26.3 Å². The second kappa shape index (κ2) is 5.88. The van der Waals surface area contributed by atoms with E-state index in [2.05, 4.69) is 0 Å². The van der Waals surface area contributed by atoms with Gasteiger partial charge in [0.25, 0.3) is 0 Å². The smallest absolute Gasteiger partial charge is 0.207 e. The molecule has 7 heteroatoms. The first-order chi connectivity index (χ1) is 10.9. The molecular formula is C16H13F3O3S. The number of sulfone groups is 1. The van der Waals surface area contributed by atoms with Gasteiger partial charge < -0.3 is 4.74 Å². The normalized spacial score (nSPS) is 13.9. The average Bonchev–Trinajstić information content (AvgIpc) is 2.96. The van der Waals surface area contributed by atoms with Crippen molar-refractivity contribution in [3.63, 3.8) is 0 Å². The lowest BCUT2D eigenvalue weighted by atomic mass is 10.1. The van der Waals surface area contributed by atoms with Gasteiger partial charge in [-0.1, -0.05) is 0 Å². The van der Waals surface area contributed by atoms with Crippen molar-refractivity contribution in [2.75, 3.05) is 6.01 Å². The molecule has 0 atom stereocenters. The van der Waals surface area contributed by atoms with Gasteiger partial charge in [0.2, 0.25) is 9.84 Å². The van der Waals surface area contributed by atoms with Gasteiger partial charge in [0.15, 0.2) is 6.01 Å². The molecule has 122 valence electrons. The standard InChI is InChI=1S/C16H13F3O3S/c17-9-23(20,21)16-5-4-15(13-2-1-3-14(13)16)22-12-7-10(18)6-11(19)8-12/h4-8H,1-3,9H2. The lowest BCUT2D eigenvalue weighted by Gasteiger charge is -2.13. The molecule has 23 heavy (non-hydrogen) atoms. The first-order valence-corrected chi connectivity index (χ1v) is 8.63. The highest BCUT2D eigenvalue weighted by Gasteiger charge is 2.26. The Hall–Kier alpha value is -2.02. The summed E-state index contributed by atoms with van der Waals surface area (Å²) in [7, 11) is -3.97. The Balaban J connectivity index is 2.04. The number of fused-ring (bicyclic) bond motifs is 1.